The summed E-state index contributed by atoms with van der Waals surface area (Å²) in [5.74, 6) is 7.00. The number of anilines is 3. The van der Waals surface area contributed by atoms with Crippen LogP contribution in [0.1, 0.15) is 241 Å². The van der Waals surface area contributed by atoms with Crippen molar-refractivity contribution in [2.45, 2.75) is 211 Å². The number of hydrogen-bond donors (Lipinski definition) is 3. The van der Waals surface area contributed by atoms with Gasteiger partial charge in [0, 0.05) is 72.4 Å². The molecule has 2 unspecified atom stereocenters. The van der Waals surface area contributed by atoms with E-state index in [1.165, 1.54) is 50.1 Å². The van der Waals surface area contributed by atoms with Crippen molar-refractivity contribution >= 4 is 51.5 Å². The number of allylic oxidation sites excluding steroid dienone is 3. The first-order chi connectivity index (χ1) is 47.0. The summed E-state index contributed by atoms with van der Waals surface area (Å²) in [5, 5.41) is 25.4. The number of aromatic nitrogens is 12. The molecule has 9 aliphatic rings. The minimum atomic E-state index is 0.256. The van der Waals surface area contributed by atoms with Crippen LogP contribution in [0.4, 0.5) is 17.8 Å². The van der Waals surface area contributed by atoms with E-state index in [-0.39, 0.29) is 17.8 Å². The van der Waals surface area contributed by atoms with E-state index in [1.54, 1.807) is 33.4 Å². The van der Waals surface area contributed by atoms with Gasteiger partial charge >= 0.3 is 0 Å². The quantitative estimate of drug-likeness (QED) is 0.105. The summed E-state index contributed by atoms with van der Waals surface area (Å²) >= 11 is 0. The first-order valence-corrected chi connectivity index (χ1v) is 36.2. The van der Waals surface area contributed by atoms with Crippen molar-refractivity contribution in [2.75, 3.05) is 55.6 Å². The van der Waals surface area contributed by atoms with E-state index in [0.717, 1.165) is 188 Å². The van der Waals surface area contributed by atoms with Gasteiger partial charge in [-0.2, -0.15) is 43.8 Å². The molecule has 3 saturated heterocycles. The summed E-state index contributed by atoms with van der Waals surface area (Å²) < 4.78 is 23.0. The maximum Gasteiger partial charge on any atom is 0.227 e. The van der Waals surface area contributed by atoms with Crippen molar-refractivity contribution in [3.05, 3.63) is 176 Å². The number of rotatable bonds is 12. The standard InChI is InChI=1S/3C26H31N5O/c3*1-16(2)23-14-27-31-25(23)29-24(19-7-5-11-32-15-19)30-26(31)28-20-10-9-18-12-17-6-3-4-8-21(17)22(18)13-20/h3*3-4,6,8,14,16,19-20H,5,7,9-13,15H2,1-2H3,(H,28,29,30)/t19-,20+;19-,20-;/m01./s1. The van der Waals surface area contributed by atoms with Crippen LogP contribution < -0.4 is 16.0 Å². The summed E-state index contributed by atoms with van der Waals surface area (Å²) in [6, 6.07) is 27.7. The molecule has 0 saturated carbocycles. The first kappa shape index (κ1) is 62.6. The molecule has 0 bridgehead atoms. The van der Waals surface area contributed by atoms with Gasteiger partial charge in [-0.15, -0.1) is 0 Å². The Morgan fingerprint density at radius 2 is 0.688 bits per heavy atom. The molecular weight excluding hydrogens is 1190 g/mol. The SMILES string of the molecule is CC(C)c1cnn2c(NC3CCC4=C(C3)c3ccccc3C4)nc(C3CCCOC3)nc12.CC(C)c1cnn2c(N[C@@H]3CCC4=C(C3)c3ccccc3C4)nc([C@@H]3CCCOC3)nc12.CC(C)c1cnn2c(N[C@@H]3CCC4=C(C3)c3ccccc3C4)nc([C@H]3CCCOC3)nc12. The molecular formula is C78H93N15O3. The molecule has 6 aliphatic carbocycles. The number of nitrogens with one attached hydrogen (secondary N) is 3. The van der Waals surface area contributed by atoms with Gasteiger partial charge in [0.1, 0.15) is 17.5 Å². The van der Waals surface area contributed by atoms with Crippen LogP contribution in [-0.2, 0) is 33.5 Å². The monoisotopic (exact) mass is 1290 g/mol. The van der Waals surface area contributed by atoms with Gasteiger partial charge in [-0.3, -0.25) is 0 Å². The average Bonchev–Trinajstić information content (AvgIpc) is 1.57. The summed E-state index contributed by atoms with van der Waals surface area (Å²) in [7, 11) is 0. The van der Waals surface area contributed by atoms with E-state index in [4.69, 9.17) is 44.1 Å². The summed E-state index contributed by atoms with van der Waals surface area (Å²) in [5.41, 5.74) is 24.6. The zero-order valence-corrected chi connectivity index (χ0v) is 56.9. The lowest BCUT2D eigenvalue weighted by Gasteiger charge is -2.27. The second-order valence-electron chi connectivity index (χ2n) is 29.4. The highest BCUT2D eigenvalue weighted by Gasteiger charge is 2.34. The largest absolute Gasteiger partial charge is 0.381 e. The van der Waals surface area contributed by atoms with Crippen molar-refractivity contribution in [3.8, 4) is 0 Å². The topological polar surface area (TPSA) is 193 Å². The third-order valence-electron chi connectivity index (χ3n) is 21.9. The van der Waals surface area contributed by atoms with E-state index in [1.807, 2.05) is 32.1 Å². The van der Waals surface area contributed by atoms with Crippen LogP contribution in [0.15, 0.2) is 108 Å². The normalized spacial score (nSPS) is 23.0. The number of nitrogens with zero attached hydrogens (tertiary/aromatic N) is 12. The molecule has 3 aliphatic heterocycles. The van der Waals surface area contributed by atoms with Gasteiger partial charge in [-0.25, -0.2) is 15.0 Å². The van der Waals surface area contributed by atoms with E-state index in [2.05, 4.69) is 146 Å². The molecule has 9 heterocycles. The van der Waals surface area contributed by atoms with Crippen molar-refractivity contribution in [1.29, 1.82) is 0 Å². The summed E-state index contributed by atoms with van der Waals surface area (Å²) in [4.78, 5) is 29.9. The Balaban J connectivity index is 0.000000113. The second kappa shape index (κ2) is 27.0. The Kier molecular flexibility index (Phi) is 17.6. The molecule has 498 valence electrons. The molecule has 0 amide bonds. The third-order valence-corrected chi connectivity index (χ3v) is 21.9. The minimum absolute atomic E-state index is 0.256. The lowest BCUT2D eigenvalue weighted by atomic mass is 9.88. The van der Waals surface area contributed by atoms with Crippen LogP contribution >= 0.6 is 0 Å². The zero-order valence-electron chi connectivity index (χ0n) is 56.9. The fourth-order valence-electron chi connectivity index (χ4n) is 16.6. The van der Waals surface area contributed by atoms with Crippen LogP contribution in [-0.4, -0.2) is 117 Å². The molecule has 18 heteroatoms. The number of fused-ring (bicyclic) bond motifs is 9. The summed E-state index contributed by atoms with van der Waals surface area (Å²) in [6.45, 7) is 17.8. The highest BCUT2D eigenvalue weighted by molar-refractivity contribution is 5.80. The molecule has 3 N–H and O–H groups in total. The van der Waals surface area contributed by atoms with Crippen LogP contribution in [0.25, 0.3) is 33.7 Å². The molecule has 3 fully saturated rings. The van der Waals surface area contributed by atoms with Crippen molar-refractivity contribution < 1.29 is 14.2 Å². The van der Waals surface area contributed by atoms with Gasteiger partial charge in [-0.05, 0) is 183 Å². The van der Waals surface area contributed by atoms with E-state index < -0.39 is 0 Å². The number of benzene rings is 3. The van der Waals surface area contributed by atoms with E-state index in [0.29, 0.717) is 55.7 Å². The van der Waals surface area contributed by atoms with Gasteiger partial charge in [-0.1, -0.05) is 131 Å². The van der Waals surface area contributed by atoms with Crippen LogP contribution in [0, 0.1) is 0 Å². The Labute approximate surface area is 563 Å². The molecule has 96 heavy (non-hydrogen) atoms. The zero-order chi connectivity index (χ0) is 65.0. The highest BCUT2D eigenvalue weighted by Crippen LogP contribution is 2.46. The minimum Gasteiger partial charge on any atom is -0.381 e. The third kappa shape index (κ3) is 12.4. The van der Waals surface area contributed by atoms with Crippen molar-refractivity contribution in [3.63, 3.8) is 0 Å². The van der Waals surface area contributed by atoms with Gasteiger partial charge in [0.25, 0.3) is 0 Å². The van der Waals surface area contributed by atoms with Crippen LogP contribution in [0.3, 0.4) is 0 Å². The van der Waals surface area contributed by atoms with Crippen molar-refractivity contribution in [1.82, 2.24) is 58.7 Å². The van der Waals surface area contributed by atoms with Crippen LogP contribution in [0.5, 0.6) is 0 Å². The highest BCUT2D eigenvalue weighted by atomic mass is 16.5. The molecule has 18 rings (SSSR count). The lowest BCUT2D eigenvalue weighted by Crippen LogP contribution is -2.27. The van der Waals surface area contributed by atoms with E-state index in [9.17, 15) is 0 Å². The van der Waals surface area contributed by atoms with Gasteiger partial charge < -0.3 is 30.2 Å². The number of hydrogen-bond acceptors (Lipinski definition) is 15. The predicted molar refractivity (Wildman–Crippen MR) is 378 cm³/mol. The van der Waals surface area contributed by atoms with E-state index >= 15 is 0 Å². The number of ether oxygens (including phenoxy) is 3. The molecule has 18 nitrogen and oxygen atoms in total. The second-order valence-corrected chi connectivity index (χ2v) is 29.4. The predicted octanol–water partition coefficient (Wildman–Crippen LogP) is 15.3. The molecule has 6 aromatic heterocycles. The summed E-state index contributed by atoms with van der Waals surface area (Å²) in [6.07, 6.45) is 25.6. The fraction of sp³-hybridized carbons (Fsp3) is 0.500. The molecule has 9 aromatic rings. The van der Waals surface area contributed by atoms with Gasteiger partial charge in [0.05, 0.1) is 38.4 Å². The Bertz CT molecular complexity index is 4010. The van der Waals surface area contributed by atoms with Crippen molar-refractivity contribution in [2.24, 2.45) is 0 Å². The van der Waals surface area contributed by atoms with Gasteiger partial charge in [0.2, 0.25) is 17.8 Å². The van der Waals surface area contributed by atoms with Gasteiger partial charge in [0.15, 0.2) is 16.9 Å². The Morgan fingerprint density at radius 3 is 0.969 bits per heavy atom. The maximum atomic E-state index is 5.75. The molecule has 0 spiro atoms. The van der Waals surface area contributed by atoms with Crippen LogP contribution in [0.2, 0.25) is 0 Å². The molecule has 6 atom stereocenters. The molecule has 3 aromatic carbocycles. The maximum absolute atomic E-state index is 5.75. The fourth-order valence-corrected chi connectivity index (χ4v) is 16.6. The Hall–Kier alpha value is -8.19. The smallest absolute Gasteiger partial charge is 0.227 e. The average molecular weight is 1290 g/mol. The first-order valence-electron chi connectivity index (χ1n) is 36.2. The lowest BCUT2D eigenvalue weighted by molar-refractivity contribution is 0.0780. The molecule has 0 radical (unpaired) electrons. The Morgan fingerprint density at radius 1 is 0.385 bits per heavy atom.